The number of rotatable bonds is 3. The first kappa shape index (κ1) is 12.5. The number of carboxylic acids is 1. The zero-order valence-corrected chi connectivity index (χ0v) is 9.92. The average molecular weight is 250 g/mol. The van der Waals surface area contributed by atoms with Crippen LogP contribution in [0.4, 0.5) is 5.82 Å². The molecule has 96 valence electrons. The third-order valence-electron chi connectivity index (χ3n) is 2.83. The molecule has 1 aliphatic rings. The fraction of sp³-hybridized carbons (Fsp3) is 0.417. The van der Waals surface area contributed by atoms with Gasteiger partial charge in [-0.25, -0.2) is 9.78 Å². The number of ether oxygens (including phenoxy) is 1. The van der Waals surface area contributed by atoms with Gasteiger partial charge in [0.15, 0.2) is 0 Å². The van der Waals surface area contributed by atoms with Gasteiger partial charge in [0.2, 0.25) is 5.91 Å². The lowest BCUT2D eigenvalue weighted by Crippen LogP contribution is -2.23. The van der Waals surface area contributed by atoms with E-state index in [0.29, 0.717) is 18.8 Å². The molecule has 6 heteroatoms. The predicted octanol–water partition coefficient (Wildman–Crippen LogP) is 1.14. The number of pyridine rings is 1. The Morgan fingerprint density at radius 3 is 2.78 bits per heavy atom. The van der Waals surface area contributed by atoms with Gasteiger partial charge in [-0.15, -0.1) is 0 Å². The summed E-state index contributed by atoms with van der Waals surface area (Å²) in [5, 5.41) is 11.4. The quantitative estimate of drug-likeness (QED) is 0.839. The van der Waals surface area contributed by atoms with Crippen LogP contribution in [-0.2, 0) is 9.53 Å². The summed E-state index contributed by atoms with van der Waals surface area (Å²) in [5.41, 5.74) is 0.0887. The summed E-state index contributed by atoms with van der Waals surface area (Å²) in [6.07, 6.45) is 2.01. The average Bonchev–Trinajstić information content (AvgIpc) is 2.76. The van der Waals surface area contributed by atoms with E-state index in [1.807, 2.05) is 6.92 Å². The Labute approximate surface area is 104 Å². The van der Waals surface area contributed by atoms with E-state index in [1.165, 1.54) is 18.3 Å². The summed E-state index contributed by atoms with van der Waals surface area (Å²) in [4.78, 5) is 26.3. The molecule has 2 heterocycles. The van der Waals surface area contributed by atoms with Crippen molar-refractivity contribution in [2.24, 2.45) is 5.92 Å². The van der Waals surface area contributed by atoms with Gasteiger partial charge < -0.3 is 15.2 Å². The van der Waals surface area contributed by atoms with Crippen molar-refractivity contribution in [1.29, 1.82) is 0 Å². The molecule has 1 aromatic heterocycles. The van der Waals surface area contributed by atoms with Gasteiger partial charge in [-0.3, -0.25) is 4.79 Å². The van der Waals surface area contributed by atoms with Crippen molar-refractivity contribution >= 4 is 17.7 Å². The van der Waals surface area contributed by atoms with Crippen molar-refractivity contribution in [2.75, 3.05) is 11.9 Å². The van der Waals surface area contributed by atoms with Crippen molar-refractivity contribution in [3.8, 4) is 0 Å². The molecule has 0 aromatic carbocycles. The van der Waals surface area contributed by atoms with Gasteiger partial charge >= 0.3 is 5.97 Å². The van der Waals surface area contributed by atoms with E-state index in [4.69, 9.17) is 9.84 Å². The van der Waals surface area contributed by atoms with E-state index in [9.17, 15) is 9.59 Å². The lowest BCUT2D eigenvalue weighted by Gasteiger charge is -2.08. The standard InChI is InChI=1S/C12H14N2O4/c1-7-4-9(6-18-7)11(15)14-10-3-2-8(5-13-10)12(16)17/h2-3,5,7,9H,4,6H2,1H3,(H,16,17)(H,13,14,15). The van der Waals surface area contributed by atoms with E-state index in [1.54, 1.807) is 0 Å². The van der Waals surface area contributed by atoms with Crippen LogP contribution in [0, 0.1) is 5.92 Å². The number of carboxylic acid groups (broad SMARTS) is 1. The van der Waals surface area contributed by atoms with E-state index in [0.717, 1.165) is 0 Å². The molecular formula is C12H14N2O4. The Hall–Kier alpha value is -1.95. The highest BCUT2D eigenvalue weighted by Crippen LogP contribution is 2.20. The lowest BCUT2D eigenvalue weighted by molar-refractivity contribution is -0.119. The number of carbonyl (C=O) groups excluding carboxylic acids is 1. The third kappa shape index (κ3) is 2.84. The molecule has 2 rings (SSSR count). The molecule has 18 heavy (non-hydrogen) atoms. The highest BCUT2D eigenvalue weighted by Gasteiger charge is 2.28. The number of anilines is 1. The number of hydrogen-bond acceptors (Lipinski definition) is 4. The highest BCUT2D eigenvalue weighted by molar-refractivity contribution is 5.92. The van der Waals surface area contributed by atoms with Gasteiger partial charge in [0.25, 0.3) is 0 Å². The van der Waals surface area contributed by atoms with Crippen LogP contribution in [0.25, 0.3) is 0 Å². The second-order valence-corrected chi connectivity index (χ2v) is 4.30. The zero-order valence-electron chi connectivity index (χ0n) is 9.92. The molecule has 1 saturated heterocycles. The molecule has 1 aliphatic heterocycles. The third-order valence-corrected chi connectivity index (χ3v) is 2.83. The summed E-state index contributed by atoms with van der Waals surface area (Å²) in [5.74, 6) is -1.00. The Bertz CT molecular complexity index is 458. The van der Waals surface area contributed by atoms with Crippen molar-refractivity contribution < 1.29 is 19.4 Å². The first-order chi connectivity index (χ1) is 8.56. The van der Waals surface area contributed by atoms with E-state index < -0.39 is 5.97 Å². The molecule has 0 bridgehead atoms. The predicted molar refractivity (Wildman–Crippen MR) is 63.3 cm³/mol. The molecule has 2 unspecified atom stereocenters. The fourth-order valence-corrected chi connectivity index (χ4v) is 1.82. The summed E-state index contributed by atoms with van der Waals surface area (Å²) >= 11 is 0. The SMILES string of the molecule is CC1CC(C(=O)Nc2ccc(C(=O)O)cn2)CO1. The van der Waals surface area contributed by atoms with Crippen LogP contribution in [0.3, 0.4) is 0 Å². The maximum absolute atomic E-state index is 11.8. The summed E-state index contributed by atoms with van der Waals surface area (Å²) in [7, 11) is 0. The molecule has 2 atom stereocenters. The molecule has 0 spiro atoms. The Morgan fingerprint density at radius 2 is 2.28 bits per heavy atom. The highest BCUT2D eigenvalue weighted by atomic mass is 16.5. The number of aromatic nitrogens is 1. The van der Waals surface area contributed by atoms with Crippen molar-refractivity contribution in [3.63, 3.8) is 0 Å². The second-order valence-electron chi connectivity index (χ2n) is 4.30. The minimum absolute atomic E-state index is 0.0887. The topological polar surface area (TPSA) is 88.5 Å². The number of amides is 1. The van der Waals surface area contributed by atoms with Gasteiger partial charge in [0.05, 0.1) is 24.2 Å². The summed E-state index contributed by atoms with van der Waals surface area (Å²) < 4.78 is 5.32. The van der Waals surface area contributed by atoms with Crippen LogP contribution in [-0.4, -0.2) is 34.7 Å². The minimum atomic E-state index is -1.04. The second kappa shape index (κ2) is 5.14. The number of nitrogens with zero attached hydrogens (tertiary/aromatic N) is 1. The fourth-order valence-electron chi connectivity index (χ4n) is 1.82. The largest absolute Gasteiger partial charge is 0.478 e. The minimum Gasteiger partial charge on any atom is -0.478 e. The van der Waals surface area contributed by atoms with Crippen LogP contribution in [0.15, 0.2) is 18.3 Å². The van der Waals surface area contributed by atoms with Gasteiger partial charge in [-0.1, -0.05) is 0 Å². The lowest BCUT2D eigenvalue weighted by atomic mass is 10.1. The van der Waals surface area contributed by atoms with E-state index in [-0.39, 0.29) is 23.5 Å². The van der Waals surface area contributed by atoms with Crippen molar-refractivity contribution in [2.45, 2.75) is 19.4 Å². The van der Waals surface area contributed by atoms with Crippen molar-refractivity contribution in [3.05, 3.63) is 23.9 Å². The normalized spacial score (nSPS) is 22.7. The molecule has 2 N–H and O–H groups in total. The van der Waals surface area contributed by atoms with Gasteiger partial charge in [0, 0.05) is 6.20 Å². The molecule has 1 fully saturated rings. The van der Waals surface area contributed by atoms with Gasteiger partial charge in [-0.2, -0.15) is 0 Å². The smallest absolute Gasteiger partial charge is 0.337 e. The molecule has 0 radical (unpaired) electrons. The number of nitrogens with one attached hydrogen (secondary N) is 1. The Kier molecular flexibility index (Phi) is 3.57. The molecular weight excluding hydrogens is 236 g/mol. The van der Waals surface area contributed by atoms with Gasteiger partial charge in [-0.05, 0) is 25.5 Å². The van der Waals surface area contributed by atoms with Crippen LogP contribution in [0.5, 0.6) is 0 Å². The molecule has 1 aromatic rings. The summed E-state index contributed by atoms with van der Waals surface area (Å²) in [6.45, 7) is 2.34. The van der Waals surface area contributed by atoms with Crippen LogP contribution in [0.2, 0.25) is 0 Å². The zero-order chi connectivity index (χ0) is 13.1. The monoisotopic (exact) mass is 250 g/mol. The van der Waals surface area contributed by atoms with Crippen molar-refractivity contribution in [1.82, 2.24) is 4.98 Å². The van der Waals surface area contributed by atoms with Crippen LogP contribution >= 0.6 is 0 Å². The Balaban J connectivity index is 1.97. The molecule has 0 saturated carbocycles. The van der Waals surface area contributed by atoms with Crippen LogP contribution < -0.4 is 5.32 Å². The van der Waals surface area contributed by atoms with E-state index >= 15 is 0 Å². The maximum Gasteiger partial charge on any atom is 0.337 e. The Morgan fingerprint density at radius 1 is 1.50 bits per heavy atom. The first-order valence-corrected chi connectivity index (χ1v) is 5.68. The van der Waals surface area contributed by atoms with E-state index in [2.05, 4.69) is 10.3 Å². The summed E-state index contributed by atoms with van der Waals surface area (Å²) in [6, 6.07) is 2.87. The number of hydrogen-bond donors (Lipinski definition) is 2. The molecule has 6 nitrogen and oxygen atoms in total. The van der Waals surface area contributed by atoms with Gasteiger partial charge in [0.1, 0.15) is 5.82 Å². The number of aromatic carboxylic acids is 1. The molecule has 1 amide bonds. The first-order valence-electron chi connectivity index (χ1n) is 5.68. The maximum atomic E-state index is 11.8. The molecule has 0 aliphatic carbocycles. The number of carbonyl (C=O) groups is 2. The van der Waals surface area contributed by atoms with Crippen LogP contribution in [0.1, 0.15) is 23.7 Å².